The Hall–Kier alpha value is -0.755. The fourth-order valence-corrected chi connectivity index (χ4v) is 5.06. The first-order valence-electron chi connectivity index (χ1n) is 5.53. The highest BCUT2D eigenvalue weighted by Gasteiger charge is 2.24. The summed E-state index contributed by atoms with van der Waals surface area (Å²) in [5.74, 6) is 0.220. The number of carbonyl (C=O) groups excluding carboxylic acids is 1. The molecular weight excluding hydrogens is 311 g/mol. The van der Waals surface area contributed by atoms with E-state index >= 15 is 0 Å². The minimum Gasteiger partial charge on any atom is -0.418 e. The summed E-state index contributed by atoms with van der Waals surface area (Å²) in [6.45, 7) is 0. The third-order valence-corrected chi connectivity index (χ3v) is 5.82. The molecule has 1 rings (SSSR count). The highest BCUT2D eigenvalue weighted by molar-refractivity contribution is 8.33. The summed E-state index contributed by atoms with van der Waals surface area (Å²) >= 11 is 0. The van der Waals surface area contributed by atoms with Gasteiger partial charge < -0.3 is 17.3 Å². The van der Waals surface area contributed by atoms with Crippen molar-refractivity contribution in [2.75, 3.05) is 25.0 Å². The SMILES string of the molecule is CS(C)=C(C(=O)c1ccccc1)[S+](C)C.F[B-](F)(F)F. The van der Waals surface area contributed by atoms with E-state index in [-0.39, 0.29) is 27.2 Å². The van der Waals surface area contributed by atoms with E-state index in [1.54, 1.807) is 0 Å². The average Bonchev–Trinajstić information content (AvgIpc) is 2.26. The van der Waals surface area contributed by atoms with Gasteiger partial charge in [0.15, 0.2) is 0 Å². The Morgan fingerprint density at radius 1 is 1.05 bits per heavy atom. The molecule has 8 heteroatoms. The third kappa shape index (κ3) is 8.42. The van der Waals surface area contributed by atoms with Crippen molar-refractivity contribution in [3.05, 3.63) is 35.9 Å². The number of Topliss-reactive ketones (excluding diaryl/α,β-unsaturated/α-hetero) is 1. The first kappa shape index (κ1) is 19.2. The summed E-state index contributed by atoms with van der Waals surface area (Å²) in [6, 6.07) is 9.55. The number of halogens is 4. The van der Waals surface area contributed by atoms with Crippen molar-refractivity contribution in [1.82, 2.24) is 0 Å². The van der Waals surface area contributed by atoms with Gasteiger partial charge in [0.25, 0.3) is 0 Å². The van der Waals surface area contributed by atoms with Crippen LogP contribution >= 0.6 is 10.5 Å². The molecule has 1 nitrogen and oxygen atoms in total. The van der Waals surface area contributed by atoms with E-state index < -0.39 is 7.25 Å². The predicted molar refractivity (Wildman–Crippen MR) is 84.6 cm³/mol. The van der Waals surface area contributed by atoms with Gasteiger partial charge in [0.05, 0.1) is 0 Å². The first-order valence-corrected chi connectivity index (χ1v) is 9.61. The van der Waals surface area contributed by atoms with Crippen molar-refractivity contribution >= 4 is 38.6 Å². The van der Waals surface area contributed by atoms with Gasteiger partial charge in [-0.1, -0.05) is 30.3 Å². The summed E-state index contributed by atoms with van der Waals surface area (Å²) in [7, 11) is -5.87. The molecule has 1 aromatic carbocycles. The van der Waals surface area contributed by atoms with E-state index in [1.807, 2.05) is 30.3 Å². The second-order valence-electron chi connectivity index (χ2n) is 4.11. The molecule has 0 aliphatic heterocycles. The zero-order valence-corrected chi connectivity index (χ0v) is 13.3. The first-order chi connectivity index (χ1) is 9.04. The molecule has 0 aromatic heterocycles. The highest BCUT2D eigenvalue weighted by Crippen LogP contribution is 2.14. The van der Waals surface area contributed by atoms with Crippen LogP contribution in [0.3, 0.4) is 0 Å². The van der Waals surface area contributed by atoms with Crippen LogP contribution in [0.1, 0.15) is 10.4 Å². The van der Waals surface area contributed by atoms with Gasteiger partial charge in [-0.25, -0.2) is 0 Å². The highest BCUT2D eigenvalue weighted by atomic mass is 32.2. The molecule has 0 saturated heterocycles. The van der Waals surface area contributed by atoms with Crippen LogP contribution in [0.15, 0.2) is 30.3 Å². The molecule has 0 atom stereocenters. The van der Waals surface area contributed by atoms with E-state index in [4.69, 9.17) is 0 Å². The van der Waals surface area contributed by atoms with Crippen molar-refractivity contribution in [2.45, 2.75) is 0 Å². The second kappa shape index (κ2) is 8.51. The molecule has 0 bridgehead atoms. The van der Waals surface area contributed by atoms with Gasteiger partial charge in [-0.3, -0.25) is 4.79 Å². The lowest BCUT2D eigenvalue weighted by Crippen LogP contribution is -2.22. The van der Waals surface area contributed by atoms with Gasteiger partial charge in [0.1, 0.15) is 12.5 Å². The Balaban J connectivity index is 0.000000621. The van der Waals surface area contributed by atoms with Crippen LogP contribution in [0.25, 0.3) is 0 Å². The van der Waals surface area contributed by atoms with E-state index in [1.165, 1.54) is 0 Å². The van der Waals surface area contributed by atoms with E-state index in [9.17, 15) is 22.1 Å². The van der Waals surface area contributed by atoms with Crippen LogP contribution < -0.4 is 0 Å². The Morgan fingerprint density at radius 3 is 1.75 bits per heavy atom. The van der Waals surface area contributed by atoms with Gasteiger partial charge in [-0.05, 0) is 12.5 Å². The molecule has 0 aliphatic rings. The predicted octanol–water partition coefficient (Wildman–Crippen LogP) is 3.71. The molecular formula is C12H17BF4OS2. The molecule has 0 aliphatic carbocycles. The smallest absolute Gasteiger partial charge is 0.418 e. The maximum Gasteiger partial charge on any atom is 0.673 e. The third-order valence-electron chi connectivity index (χ3n) is 1.96. The molecule has 0 radical (unpaired) electrons. The van der Waals surface area contributed by atoms with Crippen LogP contribution in [0.5, 0.6) is 0 Å². The number of rotatable bonds is 2. The molecule has 1 aromatic rings. The van der Waals surface area contributed by atoms with Gasteiger partial charge in [-0.2, -0.15) is 0 Å². The average molecular weight is 328 g/mol. The maximum absolute atomic E-state index is 12.2. The van der Waals surface area contributed by atoms with Crippen LogP contribution in [-0.2, 0) is 10.9 Å². The molecule has 0 heterocycles. The molecule has 0 fully saturated rings. The van der Waals surface area contributed by atoms with Gasteiger partial charge in [-0.15, -0.1) is 10.5 Å². The quantitative estimate of drug-likeness (QED) is 0.266. The number of benzene rings is 1. The molecule has 0 saturated carbocycles. The van der Waals surface area contributed by atoms with Crippen molar-refractivity contribution in [3.8, 4) is 0 Å². The second-order valence-corrected chi connectivity index (χ2v) is 8.45. The monoisotopic (exact) mass is 328 g/mol. The van der Waals surface area contributed by atoms with Crippen LogP contribution in [0.4, 0.5) is 17.3 Å². The van der Waals surface area contributed by atoms with Gasteiger partial charge >= 0.3 is 7.25 Å². The van der Waals surface area contributed by atoms with E-state index in [0.717, 1.165) is 9.76 Å². The Labute approximate surface area is 122 Å². The minimum absolute atomic E-state index is 0.0654. The molecule has 0 unspecified atom stereocenters. The summed E-state index contributed by atoms with van der Waals surface area (Å²) in [5.41, 5.74) is 0.815. The summed E-state index contributed by atoms with van der Waals surface area (Å²) in [5, 5.41) is 0. The van der Waals surface area contributed by atoms with Crippen molar-refractivity contribution in [3.63, 3.8) is 0 Å². The van der Waals surface area contributed by atoms with E-state index in [0.29, 0.717) is 0 Å². The molecule has 0 amide bonds. The number of carbonyl (C=O) groups is 1. The van der Waals surface area contributed by atoms with Gasteiger partial charge in [0.2, 0.25) is 9.98 Å². The maximum atomic E-state index is 12.2. The lowest BCUT2D eigenvalue weighted by Gasteiger charge is -2.05. The van der Waals surface area contributed by atoms with Crippen molar-refractivity contribution < 1.29 is 22.1 Å². The number of hydrogen-bond donors (Lipinski definition) is 0. The Morgan fingerprint density at radius 2 is 1.45 bits per heavy atom. The van der Waals surface area contributed by atoms with Crippen LogP contribution in [0, 0.1) is 0 Å². The fourth-order valence-electron chi connectivity index (χ4n) is 1.41. The fraction of sp³-hybridized carbons (Fsp3) is 0.333. The standard InChI is InChI=1S/C12H17OS2.BF4/c1-14(2)12(15(3)4)11(13)10-8-6-5-7-9-10;2-1(3,4)5/h5-9H,1-4H3;/q+1;-1. The van der Waals surface area contributed by atoms with Crippen LogP contribution in [-0.4, -0.2) is 42.3 Å². The largest absolute Gasteiger partial charge is 0.673 e. The number of ketones is 1. The lowest BCUT2D eigenvalue weighted by molar-refractivity contribution is 0.107. The molecule has 0 N–H and O–H groups in total. The van der Waals surface area contributed by atoms with E-state index in [2.05, 4.69) is 25.0 Å². The zero-order chi connectivity index (χ0) is 15.9. The van der Waals surface area contributed by atoms with Crippen LogP contribution in [0.2, 0.25) is 0 Å². The van der Waals surface area contributed by atoms with Crippen molar-refractivity contribution in [1.29, 1.82) is 0 Å². The Bertz CT molecular complexity index is 462. The number of hydrogen-bond acceptors (Lipinski definition) is 1. The lowest BCUT2D eigenvalue weighted by atomic mass is 10.1. The minimum atomic E-state index is -6.00. The Kier molecular flexibility index (Phi) is 8.19. The normalized spacial score (nSPS) is 11.1. The molecule has 114 valence electrons. The molecule has 20 heavy (non-hydrogen) atoms. The molecule has 0 spiro atoms. The topological polar surface area (TPSA) is 17.1 Å². The summed E-state index contributed by atoms with van der Waals surface area (Å²) in [4.78, 5) is 12.2. The van der Waals surface area contributed by atoms with Crippen molar-refractivity contribution in [2.24, 2.45) is 0 Å². The zero-order valence-electron chi connectivity index (χ0n) is 11.7. The summed E-state index contributed by atoms with van der Waals surface area (Å²) in [6.07, 6.45) is 8.46. The summed E-state index contributed by atoms with van der Waals surface area (Å²) < 4.78 is 40.1. The van der Waals surface area contributed by atoms with Gasteiger partial charge in [0, 0.05) is 16.5 Å².